The van der Waals surface area contributed by atoms with E-state index >= 15 is 0 Å². The van der Waals surface area contributed by atoms with Gasteiger partial charge in [-0.25, -0.2) is 0 Å². The van der Waals surface area contributed by atoms with E-state index in [1.165, 1.54) is 6.42 Å². The molecule has 1 aliphatic carbocycles. The third-order valence-electron chi connectivity index (χ3n) is 2.64. The summed E-state index contributed by atoms with van der Waals surface area (Å²) in [5, 5.41) is 0. The zero-order valence-electron chi connectivity index (χ0n) is 8.32. The van der Waals surface area contributed by atoms with Crippen LogP contribution in [-0.2, 0) is 0 Å². The van der Waals surface area contributed by atoms with Crippen molar-refractivity contribution in [2.75, 3.05) is 0 Å². The van der Waals surface area contributed by atoms with Crippen LogP contribution in [0.25, 0.3) is 0 Å². The molecule has 1 aromatic rings. The van der Waals surface area contributed by atoms with Gasteiger partial charge in [0.15, 0.2) is 6.29 Å². The van der Waals surface area contributed by atoms with Gasteiger partial charge in [0.05, 0.1) is 11.7 Å². The fourth-order valence-corrected chi connectivity index (χ4v) is 1.54. The van der Waals surface area contributed by atoms with E-state index in [-0.39, 0.29) is 0 Å². The van der Waals surface area contributed by atoms with Crippen molar-refractivity contribution in [1.29, 1.82) is 0 Å². The van der Waals surface area contributed by atoms with Gasteiger partial charge in [0.25, 0.3) is 0 Å². The molecule has 0 bridgehead atoms. The molecule has 0 amide bonds. The SMILES string of the molecule is Cc1ccc(OC2CCC2)c(C=O)c1. The van der Waals surface area contributed by atoms with Gasteiger partial charge in [-0.2, -0.15) is 0 Å². The predicted molar refractivity (Wildman–Crippen MR) is 54.8 cm³/mol. The molecule has 0 heterocycles. The molecule has 0 atom stereocenters. The van der Waals surface area contributed by atoms with Crippen LogP contribution < -0.4 is 4.74 Å². The van der Waals surface area contributed by atoms with Crippen molar-refractivity contribution < 1.29 is 9.53 Å². The first kappa shape index (κ1) is 9.25. The first-order valence-corrected chi connectivity index (χ1v) is 5.02. The van der Waals surface area contributed by atoms with Gasteiger partial charge in [-0.05, 0) is 38.3 Å². The van der Waals surface area contributed by atoms with E-state index in [1.54, 1.807) is 0 Å². The standard InChI is InChI=1S/C12H14O2/c1-9-5-6-12(10(7-9)8-13)14-11-3-2-4-11/h5-8,11H,2-4H2,1H3. The molecule has 0 radical (unpaired) electrons. The normalized spacial score (nSPS) is 16.1. The molecule has 0 aliphatic heterocycles. The minimum atomic E-state index is 0.330. The summed E-state index contributed by atoms with van der Waals surface area (Å²) in [6.07, 6.45) is 4.67. The Kier molecular flexibility index (Phi) is 2.53. The summed E-state index contributed by atoms with van der Waals surface area (Å²) in [5.74, 6) is 0.732. The van der Waals surface area contributed by atoms with Crippen LogP contribution in [-0.4, -0.2) is 12.4 Å². The van der Waals surface area contributed by atoms with Crippen LogP contribution in [0.4, 0.5) is 0 Å². The molecule has 0 spiro atoms. The highest BCUT2D eigenvalue weighted by atomic mass is 16.5. The molecule has 14 heavy (non-hydrogen) atoms. The second-order valence-corrected chi connectivity index (χ2v) is 3.83. The maximum atomic E-state index is 10.8. The lowest BCUT2D eigenvalue weighted by molar-refractivity contribution is 0.107. The number of carbonyl (C=O) groups excluding carboxylic acids is 1. The summed E-state index contributed by atoms with van der Waals surface area (Å²) in [7, 11) is 0. The lowest BCUT2D eigenvalue weighted by Gasteiger charge is -2.27. The molecule has 1 aliphatic rings. The van der Waals surface area contributed by atoms with Gasteiger partial charge < -0.3 is 4.74 Å². The lowest BCUT2D eigenvalue weighted by atomic mass is 9.96. The molecule has 0 unspecified atom stereocenters. The Bertz CT molecular complexity index is 340. The van der Waals surface area contributed by atoms with Gasteiger partial charge in [-0.3, -0.25) is 4.79 Å². The van der Waals surface area contributed by atoms with E-state index in [0.29, 0.717) is 11.7 Å². The van der Waals surface area contributed by atoms with E-state index in [1.807, 2.05) is 25.1 Å². The topological polar surface area (TPSA) is 26.3 Å². The van der Waals surface area contributed by atoms with Crippen LogP contribution in [0.1, 0.15) is 35.2 Å². The van der Waals surface area contributed by atoms with Gasteiger partial charge in [-0.1, -0.05) is 11.6 Å². The monoisotopic (exact) mass is 190 g/mol. The summed E-state index contributed by atoms with van der Waals surface area (Å²) in [4.78, 5) is 10.8. The summed E-state index contributed by atoms with van der Waals surface area (Å²) < 4.78 is 5.70. The molecule has 2 rings (SSSR count). The number of aryl methyl sites for hydroxylation is 1. The van der Waals surface area contributed by atoms with Gasteiger partial charge in [0, 0.05) is 0 Å². The molecule has 2 heteroatoms. The van der Waals surface area contributed by atoms with Gasteiger partial charge >= 0.3 is 0 Å². The van der Waals surface area contributed by atoms with Crippen molar-refractivity contribution in [1.82, 2.24) is 0 Å². The maximum Gasteiger partial charge on any atom is 0.153 e. The van der Waals surface area contributed by atoms with Crippen molar-refractivity contribution >= 4 is 6.29 Å². The smallest absolute Gasteiger partial charge is 0.153 e. The van der Waals surface area contributed by atoms with E-state index in [2.05, 4.69) is 0 Å². The third-order valence-corrected chi connectivity index (χ3v) is 2.64. The predicted octanol–water partition coefficient (Wildman–Crippen LogP) is 2.74. The third kappa shape index (κ3) is 1.79. The van der Waals surface area contributed by atoms with Crippen molar-refractivity contribution in [2.24, 2.45) is 0 Å². The van der Waals surface area contributed by atoms with Gasteiger partial charge in [0.1, 0.15) is 5.75 Å². The average Bonchev–Trinajstić information content (AvgIpc) is 2.13. The average molecular weight is 190 g/mol. The van der Waals surface area contributed by atoms with Crippen LogP contribution in [0.3, 0.4) is 0 Å². The fraction of sp³-hybridized carbons (Fsp3) is 0.417. The van der Waals surface area contributed by atoms with E-state index < -0.39 is 0 Å². The van der Waals surface area contributed by atoms with Crippen LogP contribution in [0.15, 0.2) is 18.2 Å². The lowest BCUT2D eigenvalue weighted by Crippen LogP contribution is -2.25. The van der Waals surface area contributed by atoms with Crippen molar-refractivity contribution in [2.45, 2.75) is 32.3 Å². The van der Waals surface area contributed by atoms with Crippen molar-refractivity contribution in [3.05, 3.63) is 29.3 Å². The highest BCUT2D eigenvalue weighted by Gasteiger charge is 2.20. The molecule has 2 nitrogen and oxygen atoms in total. The minimum Gasteiger partial charge on any atom is -0.490 e. The maximum absolute atomic E-state index is 10.8. The molecule has 1 aromatic carbocycles. The summed E-state index contributed by atoms with van der Waals surface area (Å²) in [6.45, 7) is 1.97. The van der Waals surface area contributed by atoms with Gasteiger partial charge in [-0.15, -0.1) is 0 Å². The van der Waals surface area contributed by atoms with Crippen LogP contribution in [0, 0.1) is 6.92 Å². The molecular weight excluding hydrogens is 176 g/mol. The van der Waals surface area contributed by atoms with Gasteiger partial charge in [0.2, 0.25) is 0 Å². The molecule has 1 saturated carbocycles. The van der Waals surface area contributed by atoms with Crippen molar-refractivity contribution in [3.8, 4) is 5.75 Å². The molecule has 0 saturated heterocycles. The number of hydrogen-bond acceptors (Lipinski definition) is 2. The number of aldehydes is 1. The number of rotatable bonds is 3. The summed E-state index contributed by atoms with van der Waals surface area (Å²) in [5.41, 5.74) is 1.75. The highest BCUT2D eigenvalue weighted by Crippen LogP contribution is 2.27. The Hall–Kier alpha value is -1.31. The largest absolute Gasteiger partial charge is 0.490 e. The quantitative estimate of drug-likeness (QED) is 0.685. The van der Waals surface area contributed by atoms with Crippen molar-refractivity contribution in [3.63, 3.8) is 0 Å². The highest BCUT2D eigenvalue weighted by molar-refractivity contribution is 5.79. The molecule has 74 valence electrons. The Balaban J connectivity index is 2.18. The van der Waals surface area contributed by atoms with E-state index in [0.717, 1.165) is 30.4 Å². The van der Waals surface area contributed by atoms with Crippen LogP contribution >= 0.6 is 0 Å². The number of benzene rings is 1. The molecule has 0 N–H and O–H groups in total. The Labute approximate surface area is 83.9 Å². The minimum absolute atomic E-state index is 0.330. The first-order chi connectivity index (χ1) is 6.79. The Morgan fingerprint density at radius 1 is 1.43 bits per heavy atom. The number of ether oxygens (including phenoxy) is 1. The Morgan fingerprint density at radius 2 is 2.21 bits per heavy atom. The zero-order chi connectivity index (χ0) is 9.97. The number of hydrogen-bond donors (Lipinski definition) is 0. The van der Waals surface area contributed by atoms with Crippen LogP contribution in [0.5, 0.6) is 5.75 Å². The molecule has 0 aromatic heterocycles. The molecule has 1 fully saturated rings. The summed E-state index contributed by atoms with van der Waals surface area (Å²) in [6, 6.07) is 5.72. The molecular formula is C12H14O2. The van der Waals surface area contributed by atoms with E-state index in [9.17, 15) is 4.79 Å². The fourth-order valence-electron chi connectivity index (χ4n) is 1.54. The second kappa shape index (κ2) is 3.82. The first-order valence-electron chi connectivity index (χ1n) is 5.02. The zero-order valence-corrected chi connectivity index (χ0v) is 8.32. The van der Waals surface area contributed by atoms with Crippen LogP contribution in [0.2, 0.25) is 0 Å². The summed E-state index contributed by atoms with van der Waals surface area (Å²) >= 11 is 0. The second-order valence-electron chi connectivity index (χ2n) is 3.83. The number of carbonyl (C=O) groups is 1. The Morgan fingerprint density at radius 3 is 2.79 bits per heavy atom. The van der Waals surface area contributed by atoms with E-state index in [4.69, 9.17) is 4.74 Å².